The summed E-state index contributed by atoms with van der Waals surface area (Å²) in [4.78, 5) is 10.6. The van der Waals surface area contributed by atoms with Crippen LogP contribution in [0.1, 0.15) is 0 Å². The molecule has 0 saturated carbocycles. The second-order valence-corrected chi connectivity index (χ2v) is 10.5. The van der Waals surface area contributed by atoms with Gasteiger partial charge >= 0.3 is 16.0 Å². The maximum absolute atomic E-state index is 10.6. The lowest BCUT2D eigenvalue weighted by molar-refractivity contribution is -0.129. The van der Waals surface area contributed by atoms with Crippen molar-refractivity contribution in [3.05, 3.63) is 12.7 Å². The molecule has 0 unspecified atom stereocenters. The van der Waals surface area contributed by atoms with Crippen LogP contribution in [0.2, 0.25) is 0 Å². The summed E-state index contributed by atoms with van der Waals surface area (Å²) >= 11 is 0. The molecule has 0 heterocycles. The Balaban J connectivity index is 2.99. The zero-order valence-corrected chi connectivity index (χ0v) is 15.7. The summed E-state index contributed by atoms with van der Waals surface area (Å²) < 4.78 is 25.0. The van der Waals surface area contributed by atoms with Gasteiger partial charge in [-0.2, -0.15) is 0 Å². The summed E-state index contributed by atoms with van der Waals surface area (Å²) in [7, 11) is -3.14. The predicted octanol–water partition coefficient (Wildman–Crippen LogP) is -4.94. The smallest absolute Gasteiger partial charge is 0.360 e. The lowest BCUT2D eigenvalue weighted by atomic mass is 10.7. The Morgan fingerprint density at radius 2 is 1.71 bits per heavy atom. The summed E-state index contributed by atoms with van der Waals surface area (Å²) in [5.74, 6) is -0.434. The maximum atomic E-state index is 10.6. The van der Waals surface area contributed by atoms with Gasteiger partial charge in [0.15, 0.2) is 0 Å². The van der Waals surface area contributed by atoms with Gasteiger partial charge in [0.25, 0.3) is 30.0 Å². The van der Waals surface area contributed by atoms with Crippen molar-refractivity contribution in [3.8, 4) is 0 Å². The first-order chi connectivity index (χ1) is 6.81. The highest BCUT2D eigenvalue weighted by atomic mass is 28.4. The van der Waals surface area contributed by atoms with Crippen LogP contribution in [-0.4, -0.2) is 56.5 Å². The van der Waals surface area contributed by atoms with E-state index in [-0.39, 0.29) is 0 Å². The van der Waals surface area contributed by atoms with Gasteiger partial charge in [0.05, 0.1) is 0 Å². The maximum Gasteiger partial charge on any atom is 0.360 e. The minimum absolute atomic E-state index is 0.434. The third kappa shape index (κ3) is 10.2. The van der Waals surface area contributed by atoms with Gasteiger partial charge in [-0.3, -0.25) is 0 Å². The van der Waals surface area contributed by atoms with E-state index in [1.807, 2.05) is 0 Å². The van der Waals surface area contributed by atoms with Gasteiger partial charge in [-0.25, -0.2) is 4.79 Å². The van der Waals surface area contributed by atoms with E-state index in [9.17, 15) is 4.79 Å². The fourth-order valence-corrected chi connectivity index (χ4v) is 7.08. The summed E-state index contributed by atoms with van der Waals surface area (Å²) in [5, 5.41) is 0. The van der Waals surface area contributed by atoms with Crippen LogP contribution in [0, 0.1) is 0 Å². The second kappa shape index (κ2) is 11.2. The molecule has 0 rings (SSSR count). The molecule has 82 valence electrons. The van der Waals surface area contributed by atoms with E-state index >= 15 is 0 Å². The van der Waals surface area contributed by atoms with Gasteiger partial charge in [0, 0.05) is 6.08 Å². The molecule has 0 aromatic rings. The van der Waals surface area contributed by atoms with Crippen molar-refractivity contribution in [2.24, 2.45) is 0 Å². The van der Waals surface area contributed by atoms with Crippen molar-refractivity contribution in [2.75, 3.05) is 0 Å². The molecule has 0 amide bonds. The average molecular weight is 287 g/mol. The quantitative estimate of drug-likeness (QED) is 0.240. The lowest BCUT2D eigenvalue weighted by Crippen LogP contribution is -2.18. The van der Waals surface area contributed by atoms with E-state index < -0.39 is 46.0 Å². The number of rotatable bonds is 9. The molecule has 6 nitrogen and oxygen atoms in total. The Morgan fingerprint density at radius 1 is 1.14 bits per heavy atom. The Morgan fingerprint density at radius 3 is 2.29 bits per heavy atom. The largest absolute Gasteiger partial charge is 0.497 e. The molecular formula is C3H14O6Si5. The Bertz CT molecular complexity index is 166. The number of hydrogen-bond acceptors (Lipinski definition) is 6. The first kappa shape index (κ1) is 14.1. The molecule has 0 atom stereocenters. The third-order valence-corrected chi connectivity index (χ3v) is 6.33. The lowest BCUT2D eigenvalue weighted by Gasteiger charge is -2.05. The standard InChI is InChI=1S/C3H14O6Si5/c1-2-3(4)5-11-7-13-9-14-8-12-6-10/h2H,1,11-14H2,10H3. The van der Waals surface area contributed by atoms with Crippen molar-refractivity contribution >= 4 is 56.5 Å². The molecule has 11 heteroatoms. The molecule has 0 radical (unpaired) electrons. The van der Waals surface area contributed by atoms with E-state index in [0.29, 0.717) is 0 Å². The minimum atomic E-state index is -1.22. The summed E-state index contributed by atoms with van der Waals surface area (Å²) in [6.07, 6.45) is 1.12. The molecule has 0 spiro atoms. The highest BCUT2D eigenvalue weighted by Crippen LogP contribution is 1.78. The molecule has 0 saturated heterocycles. The van der Waals surface area contributed by atoms with Crippen LogP contribution in [0.5, 0.6) is 0 Å². The van der Waals surface area contributed by atoms with Crippen molar-refractivity contribution in [2.45, 2.75) is 0 Å². The van der Waals surface area contributed by atoms with Gasteiger partial charge in [-0.05, 0) is 0 Å². The van der Waals surface area contributed by atoms with Gasteiger partial charge in [-0.1, -0.05) is 6.58 Å². The van der Waals surface area contributed by atoms with E-state index in [0.717, 1.165) is 16.6 Å². The highest BCUT2D eigenvalue weighted by Gasteiger charge is 1.96. The average Bonchev–Trinajstić information content (AvgIpc) is 2.21. The molecule has 0 fully saturated rings. The molecule has 0 aliphatic rings. The van der Waals surface area contributed by atoms with Crippen LogP contribution in [0.3, 0.4) is 0 Å². The molecule has 0 aromatic heterocycles. The van der Waals surface area contributed by atoms with Crippen molar-refractivity contribution < 1.29 is 25.7 Å². The van der Waals surface area contributed by atoms with E-state index in [1.165, 1.54) is 0 Å². The fraction of sp³-hybridized carbons (Fsp3) is 0. The molecule has 0 bridgehead atoms. The number of carbonyl (C=O) groups is 1. The van der Waals surface area contributed by atoms with Gasteiger partial charge in [0.2, 0.25) is 0 Å². The molecule has 0 aromatic carbocycles. The van der Waals surface area contributed by atoms with Gasteiger partial charge < -0.3 is 20.9 Å². The van der Waals surface area contributed by atoms with Crippen LogP contribution in [-0.2, 0) is 25.7 Å². The van der Waals surface area contributed by atoms with Gasteiger partial charge in [-0.15, -0.1) is 0 Å². The monoisotopic (exact) mass is 286 g/mol. The topological polar surface area (TPSA) is 63.2 Å². The first-order valence-electron chi connectivity index (χ1n) is 3.82. The summed E-state index contributed by atoms with van der Waals surface area (Å²) in [6, 6.07) is 0. The van der Waals surface area contributed by atoms with E-state index in [2.05, 4.69) is 6.58 Å². The fourth-order valence-electron chi connectivity index (χ4n) is 0.462. The molecular weight excluding hydrogens is 272 g/mol. The molecule has 14 heavy (non-hydrogen) atoms. The van der Waals surface area contributed by atoms with Crippen LogP contribution in [0.4, 0.5) is 0 Å². The first-order valence-corrected chi connectivity index (χ1v) is 9.26. The molecule has 0 aliphatic carbocycles. The number of hydrogen-bond donors (Lipinski definition) is 0. The summed E-state index contributed by atoms with van der Waals surface area (Å²) in [5.41, 5.74) is 0. The minimum Gasteiger partial charge on any atom is -0.497 e. The predicted molar refractivity (Wildman–Crippen MR) is 64.7 cm³/mol. The normalized spacial score (nSPS) is 13.4. The SMILES string of the molecule is C=CC(=O)O[SiH2]O[SiH2]O[SiH2]O[SiH2]O[SiH3]. The van der Waals surface area contributed by atoms with Gasteiger partial charge in [0.1, 0.15) is 10.5 Å². The van der Waals surface area contributed by atoms with Crippen LogP contribution < -0.4 is 0 Å². The zero-order chi connectivity index (χ0) is 10.6. The van der Waals surface area contributed by atoms with Crippen LogP contribution >= 0.6 is 0 Å². The molecule has 0 aliphatic heterocycles. The van der Waals surface area contributed by atoms with Crippen molar-refractivity contribution in [3.63, 3.8) is 0 Å². The Kier molecular flexibility index (Phi) is 11.3. The van der Waals surface area contributed by atoms with Crippen molar-refractivity contribution in [1.29, 1.82) is 0 Å². The molecule has 0 N–H and O–H groups in total. The summed E-state index contributed by atoms with van der Waals surface area (Å²) in [6.45, 7) is 3.26. The van der Waals surface area contributed by atoms with Crippen molar-refractivity contribution in [1.82, 2.24) is 0 Å². The van der Waals surface area contributed by atoms with E-state index in [1.54, 1.807) is 0 Å². The van der Waals surface area contributed by atoms with Crippen LogP contribution in [0.15, 0.2) is 12.7 Å². The van der Waals surface area contributed by atoms with E-state index in [4.69, 9.17) is 20.9 Å². The second-order valence-electron chi connectivity index (χ2n) is 2.04. The third-order valence-electron chi connectivity index (χ3n) is 0.986. The Hall–Kier alpha value is 0.134. The highest BCUT2D eigenvalue weighted by molar-refractivity contribution is 6.45. The zero-order valence-electron chi connectivity index (χ0n) is 8.06. The number of carbonyl (C=O) groups excluding carboxylic acids is 1. The Labute approximate surface area is 95.1 Å². The van der Waals surface area contributed by atoms with Crippen LogP contribution in [0.25, 0.3) is 0 Å².